The number of carbonyl (C=O) groups excluding carboxylic acids is 2. The molecule has 0 amide bonds. The maximum Gasteiger partial charge on any atom is 0.322 e. The van der Waals surface area contributed by atoms with E-state index in [1.54, 1.807) is 31.2 Å². The summed E-state index contributed by atoms with van der Waals surface area (Å²) in [5, 5.41) is 13.3. The Labute approximate surface area is 175 Å². The van der Waals surface area contributed by atoms with Gasteiger partial charge in [0.25, 0.3) is 0 Å². The smallest absolute Gasteiger partial charge is 0.322 e. The van der Waals surface area contributed by atoms with Gasteiger partial charge in [-0.15, -0.1) is 11.3 Å². The highest BCUT2D eigenvalue weighted by Crippen LogP contribution is 2.36. The van der Waals surface area contributed by atoms with Gasteiger partial charge < -0.3 is 19.4 Å². The summed E-state index contributed by atoms with van der Waals surface area (Å²) in [7, 11) is 1.52. The number of aliphatic carboxylic acids is 1. The summed E-state index contributed by atoms with van der Waals surface area (Å²) >= 11 is 4.88. The van der Waals surface area contributed by atoms with E-state index >= 15 is 0 Å². The number of esters is 1. The third-order valence-corrected chi connectivity index (χ3v) is 6.13. The molecule has 0 spiro atoms. The van der Waals surface area contributed by atoms with Crippen molar-refractivity contribution in [2.24, 2.45) is 0 Å². The summed E-state index contributed by atoms with van der Waals surface area (Å²) < 4.78 is 12.2. The first kappa shape index (κ1) is 20.4. The van der Waals surface area contributed by atoms with Gasteiger partial charge in [-0.3, -0.25) is 4.79 Å². The van der Waals surface area contributed by atoms with Gasteiger partial charge in [0.2, 0.25) is 0 Å². The molecule has 5 nitrogen and oxygen atoms in total. The Morgan fingerprint density at radius 2 is 1.86 bits per heavy atom. The number of halogens is 1. The zero-order valence-electron chi connectivity index (χ0n) is 15.4. The van der Waals surface area contributed by atoms with E-state index in [4.69, 9.17) is 9.47 Å². The van der Waals surface area contributed by atoms with Gasteiger partial charge in [0.05, 0.1) is 19.7 Å². The van der Waals surface area contributed by atoms with E-state index in [0.717, 1.165) is 19.4 Å². The van der Waals surface area contributed by atoms with E-state index in [0.29, 0.717) is 11.3 Å². The molecule has 1 aromatic heterocycles. The molecule has 28 heavy (non-hydrogen) atoms. The van der Waals surface area contributed by atoms with Gasteiger partial charge in [0, 0.05) is 20.5 Å². The van der Waals surface area contributed by atoms with Gasteiger partial charge >= 0.3 is 5.97 Å². The Kier molecular flexibility index (Phi) is 6.05. The molecule has 0 aliphatic rings. The highest BCUT2D eigenvalue weighted by molar-refractivity contribution is 9.10. The van der Waals surface area contributed by atoms with E-state index in [1.165, 1.54) is 18.4 Å². The molecule has 3 rings (SSSR count). The lowest BCUT2D eigenvalue weighted by molar-refractivity contribution is -0.313. The summed E-state index contributed by atoms with van der Waals surface area (Å²) in [4.78, 5) is 25.9. The fourth-order valence-corrected chi connectivity index (χ4v) is 4.62. The fourth-order valence-electron chi connectivity index (χ4n) is 3.11. The highest BCUT2D eigenvalue weighted by atomic mass is 79.9. The number of carbonyl (C=O) groups is 2. The minimum absolute atomic E-state index is 0.0581. The normalized spacial score (nSPS) is 13.1. The minimum Gasteiger partial charge on any atom is -0.549 e. The van der Waals surface area contributed by atoms with Crippen LogP contribution in [0.1, 0.15) is 17.4 Å². The molecule has 1 heterocycles. The highest BCUT2D eigenvalue weighted by Gasteiger charge is 2.44. The second kappa shape index (κ2) is 8.32. The molecule has 146 valence electrons. The summed E-state index contributed by atoms with van der Waals surface area (Å²) in [6.07, 6.45) is -0.0581. The SMILES string of the molecule is CCOC(=O)C(Cc1cc2cc(Br)ccc2s1)(C(=O)[O-])c1ccc(OC)cc1. The van der Waals surface area contributed by atoms with Crippen LogP contribution >= 0.6 is 27.3 Å². The maximum absolute atomic E-state index is 12.9. The van der Waals surface area contributed by atoms with Gasteiger partial charge in [0.1, 0.15) is 11.2 Å². The van der Waals surface area contributed by atoms with Crippen molar-refractivity contribution in [2.75, 3.05) is 13.7 Å². The van der Waals surface area contributed by atoms with Crippen molar-refractivity contribution < 1.29 is 24.2 Å². The molecule has 2 aromatic carbocycles. The molecule has 3 aromatic rings. The summed E-state index contributed by atoms with van der Waals surface area (Å²) in [5.74, 6) is -1.76. The van der Waals surface area contributed by atoms with Crippen LogP contribution < -0.4 is 9.84 Å². The minimum atomic E-state index is -1.94. The average molecular weight is 462 g/mol. The van der Waals surface area contributed by atoms with E-state index in [-0.39, 0.29) is 13.0 Å². The first-order valence-corrected chi connectivity index (χ1v) is 10.2. The van der Waals surface area contributed by atoms with E-state index < -0.39 is 17.4 Å². The van der Waals surface area contributed by atoms with Crippen molar-refractivity contribution in [3.8, 4) is 5.75 Å². The quantitative estimate of drug-likeness (QED) is 0.397. The Bertz CT molecular complexity index is 1010. The molecule has 1 atom stereocenters. The summed E-state index contributed by atoms with van der Waals surface area (Å²) in [5.41, 5.74) is -1.65. The number of carboxylic acid groups (broad SMARTS) is 1. The van der Waals surface area contributed by atoms with Crippen LogP contribution in [0.4, 0.5) is 0 Å². The molecule has 0 fully saturated rings. The lowest BCUT2D eigenvalue weighted by Crippen LogP contribution is -2.53. The second-order valence-corrected chi connectivity index (χ2v) is 8.30. The van der Waals surface area contributed by atoms with Crippen molar-refractivity contribution >= 4 is 49.3 Å². The number of rotatable bonds is 7. The van der Waals surface area contributed by atoms with Gasteiger partial charge in [-0.25, -0.2) is 0 Å². The van der Waals surface area contributed by atoms with Gasteiger partial charge in [-0.05, 0) is 54.3 Å². The largest absolute Gasteiger partial charge is 0.549 e. The van der Waals surface area contributed by atoms with Crippen LogP contribution in [0, 0.1) is 0 Å². The first-order chi connectivity index (χ1) is 13.4. The van der Waals surface area contributed by atoms with Crippen molar-refractivity contribution in [1.82, 2.24) is 0 Å². The Balaban J connectivity index is 2.12. The Morgan fingerprint density at radius 3 is 2.46 bits per heavy atom. The molecule has 0 aliphatic heterocycles. The maximum atomic E-state index is 12.9. The summed E-state index contributed by atoms with van der Waals surface area (Å²) in [6, 6.07) is 14.1. The number of ether oxygens (including phenoxy) is 2. The van der Waals surface area contributed by atoms with Crippen molar-refractivity contribution in [2.45, 2.75) is 18.8 Å². The van der Waals surface area contributed by atoms with Gasteiger partial charge in [0.15, 0.2) is 0 Å². The number of thiophene rings is 1. The molecule has 1 unspecified atom stereocenters. The Hall–Kier alpha value is -2.38. The van der Waals surface area contributed by atoms with E-state index in [9.17, 15) is 14.7 Å². The van der Waals surface area contributed by atoms with E-state index in [1.807, 2.05) is 24.3 Å². The number of hydrogen-bond acceptors (Lipinski definition) is 6. The van der Waals surface area contributed by atoms with Crippen LogP contribution in [-0.2, 0) is 26.2 Å². The number of methoxy groups -OCH3 is 1. The number of fused-ring (bicyclic) bond motifs is 1. The number of benzene rings is 2. The van der Waals surface area contributed by atoms with Crippen molar-refractivity contribution in [3.05, 3.63) is 63.4 Å². The molecule has 0 saturated carbocycles. The predicted molar refractivity (Wildman–Crippen MR) is 110 cm³/mol. The zero-order valence-corrected chi connectivity index (χ0v) is 17.8. The van der Waals surface area contributed by atoms with Crippen LogP contribution in [0.15, 0.2) is 53.0 Å². The van der Waals surface area contributed by atoms with Crippen LogP contribution in [0.2, 0.25) is 0 Å². The van der Waals surface area contributed by atoms with Crippen molar-refractivity contribution in [1.29, 1.82) is 0 Å². The fraction of sp³-hybridized carbons (Fsp3) is 0.238. The second-order valence-electron chi connectivity index (χ2n) is 6.21. The summed E-state index contributed by atoms with van der Waals surface area (Å²) in [6.45, 7) is 1.71. The molecule has 0 aliphatic carbocycles. The third-order valence-electron chi connectivity index (χ3n) is 4.52. The molecule has 0 bridgehead atoms. The topological polar surface area (TPSA) is 75.7 Å². The monoisotopic (exact) mass is 461 g/mol. The average Bonchev–Trinajstić information content (AvgIpc) is 3.07. The molecule has 0 radical (unpaired) electrons. The molecule has 0 saturated heterocycles. The van der Waals surface area contributed by atoms with Crippen LogP contribution in [0.5, 0.6) is 5.75 Å². The van der Waals surface area contributed by atoms with Crippen molar-refractivity contribution in [3.63, 3.8) is 0 Å². The number of carboxylic acids is 1. The standard InChI is InChI=1S/C21H19BrO5S/c1-3-27-20(25)21(19(23)24,14-4-7-16(26-2)8-5-14)12-17-11-13-10-15(22)6-9-18(13)28-17/h4-11H,3,12H2,1-2H3,(H,23,24)/p-1. The van der Waals surface area contributed by atoms with Crippen LogP contribution in [-0.4, -0.2) is 25.7 Å². The first-order valence-electron chi connectivity index (χ1n) is 8.62. The molecular formula is C21H18BrO5S-. The number of hydrogen-bond donors (Lipinski definition) is 0. The predicted octanol–water partition coefficient (Wildman–Crippen LogP) is 3.47. The molecular weight excluding hydrogens is 444 g/mol. The third kappa shape index (κ3) is 3.77. The van der Waals surface area contributed by atoms with Crippen LogP contribution in [0.25, 0.3) is 10.1 Å². The van der Waals surface area contributed by atoms with Crippen LogP contribution in [0.3, 0.4) is 0 Å². The van der Waals surface area contributed by atoms with E-state index in [2.05, 4.69) is 15.9 Å². The molecule has 0 N–H and O–H groups in total. The Morgan fingerprint density at radius 1 is 1.14 bits per heavy atom. The van der Waals surface area contributed by atoms with Gasteiger partial charge in [-0.2, -0.15) is 0 Å². The zero-order chi connectivity index (χ0) is 20.3. The van der Waals surface area contributed by atoms with Gasteiger partial charge in [-0.1, -0.05) is 28.1 Å². The lowest BCUT2D eigenvalue weighted by atomic mass is 9.77. The molecule has 7 heteroatoms. The lowest BCUT2D eigenvalue weighted by Gasteiger charge is -2.32.